The summed E-state index contributed by atoms with van der Waals surface area (Å²) in [7, 11) is 1.95. The van der Waals surface area contributed by atoms with E-state index in [0.717, 1.165) is 26.1 Å². The monoisotopic (exact) mass is 295 g/mol. The summed E-state index contributed by atoms with van der Waals surface area (Å²) in [6.45, 7) is 1.51. The summed E-state index contributed by atoms with van der Waals surface area (Å²) in [5, 5.41) is 4.13. The molecule has 2 aromatic heterocycles. The van der Waals surface area contributed by atoms with Crippen molar-refractivity contribution in [3.05, 3.63) is 17.9 Å². The van der Waals surface area contributed by atoms with Crippen molar-refractivity contribution in [2.75, 3.05) is 25.2 Å². The molecular weight excluding hydrogens is 282 g/mol. The van der Waals surface area contributed by atoms with Gasteiger partial charge in [0.25, 0.3) is 5.95 Å². The molecule has 1 aliphatic heterocycles. The maximum absolute atomic E-state index is 5.97. The average molecular weight is 296 g/mol. The van der Waals surface area contributed by atoms with Crippen LogP contribution in [-0.4, -0.2) is 56.0 Å². The van der Waals surface area contributed by atoms with Crippen molar-refractivity contribution in [3.8, 4) is 5.95 Å². The molecule has 0 aliphatic carbocycles. The van der Waals surface area contributed by atoms with Crippen LogP contribution in [0.3, 0.4) is 0 Å². The van der Waals surface area contributed by atoms with Gasteiger partial charge in [0.1, 0.15) is 12.7 Å². The van der Waals surface area contributed by atoms with Gasteiger partial charge in [-0.25, -0.2) is 4.98 Å². The maximum atomic E-state index is 5.97. The van der Waals surface area contributed by atoms with Gasteiger partial charge in [-0.2, -0.15) is 24.7 Å². The largest absolute Gasteiger partial charge is 0.381 e. The number of nitrogens with zero attached hydrogens (tertiary/aromatic N) is 7. The Kier molecular flexibility index (Phi) is 3.75. The summed E-state index contributed by atoms with van der Waals surface area (Å²) in [6.07, 6.45) is 4.82. The highest BCUT2D eigenvalue weighted by Crippen LogP contribution is 2.19. The minimum atomic E-state index is 0.138. The molecule has 3 rings (SSSR count). The van der Waals surface area contributed by atoms with Crippen molar-refractivity contribution in [2.24, 2.45) is 0 Å². The number of halogens is 1. The van der Waals surface area contributed by atoms with E-state index in [-0.39, 0.29) is 5.28 Å². The number of rotatable bonds is 3. The predicted octanol–water partition coefficient (Wildman–Crippen LogP) is 0.721. The van der Waals surface area contributed by atoms with Gasteiger partial charge in [0.2, 0.25) is 11.2 Å². The van der Waals surface area contributed by atoms with Crippen LogP contribution in [0.15, 0.2) is 12.7 Å². The second-order valence-corrected chi connectivity index (χ2v) is 4.84. The summed E-state index contributed by atoms with van der Waals surface area (Å²) < 4.78 is 6.82. The second-order valence-electron chi connectivity index (χ2n) is 4.50. The van der Waals surface area contributed by atoms with Crippen molar-refractivity contribution < 1.29 is 4.74 Å². The average Bonchev–Trinajstić information content (AvgIpc) is 3.01. The molecule has 2 aromatic rings. The number of hydrogen-bond donors (Lipinski definition) is 0. The molecule has 0 amide bonds. The Bertz CT molecular complexity index is 570. The van der Waals surface area contributed by atoms with Gasteiger partial charge in [0.05, 0.1) is 0 Å². The molecule has 0 aromatic carbocycles. The molecule has 106 valence electrons. The lowest BCUT2D eigenvalue weighted by atomic mass is 10.1. The predicted molar refractivity (Wildman–Crippen MR) is 72.0 cm³/mol. The van der Waals surface area contributed by atoms with E-state index in [1.807, 2.05) is 11.9 Å². The fourth-order valence-electron chi connectivity index (χ4n) is 2.14. The van der Waals surface area contributed by atoms with Crippen molar-refractivity contribution in [3.63, 3.8) is 0 Å². The lowest BCUT2D eigenvalue weighted by Crippen LogP contribution is -2.37. The highest BCUT2D eigenvalue weighted by atomic mass is 35.5. The summed E-state index contributed by atoms with van der Waals surface area (Å²) in [5.74, 6) is 0.888. The number of ether oxygens (including phenoxy) is 1. The fraction of sp³-hybridized carbons (Fsp3) is 0.545. The normalized spacial score (nSPS) is 16.3. The van der Waals surface area contributed by atoms with E-state index in [9.17, 15) is 0 Å². The van der Waals surface area contributed by atoms with Gasteiger partial charge in [-0.1, -0.05) is 0 Å². The van der Waals surface area contributed by atoms with Crippen LogP contribution in [0.1, 0.15) is 12.8 Å². The minimum Gasteiger partial charge on any atom is -0.381 e. The highest BCUT2D eigenvalue weighted by molar-refractivity contribution is 6.28. The summed E-state index contributed by atoms with van der Waals surface area (Å²) in [6, 6.07) is 0.339. The number of anilines is 1. The Morgan fingerprint density at radius 1 is 1.30 bits per heavy atom. The molecule has 20 heavy (non-hydrogen) atoms. The van der Waals surface area contributed by atoms with E-state index in [0.29, 0.717) is 17.9 Å². The van der Waals surface area contributed by atoms with E-state index in [2.05, 4.69) is 25.0 Å². The van der Waals surface area contributed by atoms with Crippen LogP contribution in [-0.2, 0) is 4.74 Å². The van der Waals surface area contributed by atoms with Crippen molar-refractivity contribution in [1.82, 2.24) is 29.7 Å². The molecule has 0 atom stereocenters. The molecule has 8 nitrogen and oxygen atoms in total. The smallest absolute Gasteiger partial charge is 0.258 e. The van der Waals surface area contributed by atoms with E-state index in [1.54, 1.807) is 0 Å². The van der Waals surface area contributed by atoms with Crippen LogP contribution in [0, 0.1) is 0 Å². The molecule has 0 bridgehead atoms. The van der Waals surface area contributed by atoms with Crippen LogP contribution in [0.5, 0.6) is 0 Å². The molecule has 1 fully saturated rings. The van der Waals surface area contributed by atoms with Gasteiger partial charge in [-0.3, -0.25) is 0 Å². The van der Waals surface area contributed by atoms with E-state index >= 15 is 0 Å². The standard InChI is InChI=1S/C11H14ClN7O/c1-18(8-2-4-20-5-3-8)10-15-9(12)16-11(17-10)19-7-13-6-14-19/h6-8H,2-5H2,1H3. The van der Waals surface area contributed by atoms with Gasteiger partial charge in [-0.15, -0.1) is 0 Å². The molecule has 1 aliphatic rings. The molecule has 0 N–H and O–H groups in total. The highest BCUT2D eigenvalue weighted by Gasteiger charge is 2.21. The molecular formula is C11H14ClN7O. The van der Waals surface area contributed by atoms with Gasteiger partial charge in [0, 0.05) is 26.3 Å². The van der Waals surface area contributed by atoms with Gasteiger partial charge in [-0.05, 0) is 24.4 Å². The topological polar surface area (TPSA) is 81.9 Å². The van der Waals surface area contributed by atoms with Crippen LogP contribution < -0.4 is 4.90 Å². The Morgan fingerprint density at radius 2 is 2.10 bits per heavy atom. The van der Waals surface area contributed by atoms with E-state index < -0.39 is 0 Å². The van der Waals surface area contributed by atoms with Crippen LogP contribution in [0.4, 0.5) is 5.95 Å². The molecule has 1 saturated heterocycles. The second kappa shape index (κ2) is 5.68. The molecule has 0 unspecified atom stereocenters. The van der Waals surface area contributed by atoms with E-state index in [4.69, 9.17) is 16.3 Å². The minimum absolute atomic E-state index is 0.138. The SMILES string of the molecule is CN(c1nc(Cl)nc(-n2cncn2)n1)C1CCOCC1. The first-order valence-electron chi connectivity index (χ1n) is 6.31. The van der Waals surface area contributed by atoms with Crippen LogP contribution >= 0.6 is 11.6 Å². The summed E-state index contributed by atoms with van der Waals surface area (Å²) >= 11 is 5.97. The number of aromatic nitrogens is 6. The third-order valence-corrected chi connectivity index (χ3v) is 3.43. The third kappa shape index (κ3) is 2.70. The Balaban J connectivity index is 1.89. The zero-order chi connectivity index (χ0) is 13.9. The lowest BCUT2D eigenvalue weighted by Gasteiger charge is -2.31. The first kappa shape index (κ1) is 13.2. The lowest BCUT2D eigenvalue weighted by molar-refractivity contribution is 0.0852. The maximum Gasteiger partial charge on any atom is 0.258 e. The van der Waals surface area contributed by atoms with Crippen LogP contribution in [0.25, 0.3) is 5.95 Å². The molecule has 3 heterocycles. The van der Waals surface area contributed by atoms with Crippen LogP contribution in [0.2, 0.25) is 5.28 Å². The first-order valence-corrected chi connectivity index (χ1v) is 6.69. The Morgan fingerprint density at radius 3 is 2.80 bits per heavy atom. The van der Waals surface area contributed by atoms with Crippen molar-refractivity contribution in [2.45, 2.75) is 18.9 Å². The number of hydrogen-bond acceptors (Lipinski definition) is 7. The fourth-order valence-corrected chi connectivity index (χ4v) is 2.29. The van der Waals surface area contributed by atoms with Crippen molar-refractivity contribution >= 4 is 17.5 Å². The van der Waals surface area contributed by atoms with Gasteiger partial charge >= 0.3 is 0 Å². The molecule has 9 heteroatoms. The Hall–Kier alpha value is -1.80. The van der Waals surface area contributed by atoms with Gasteiger partial charge < -0.3 is 9.64 Å². The quantitative estimate of drug-likeness (QED) is 0.825. The zero-order valence-corrected chi connectivity index (χ0v) is 11.7. The zero-order valence-electron chi connectivity index (χ0n) is 11.0. The molecule has 0 saturated carbocycles. The molecule has 0 radical (unpaired) electrons. The van der Waals surface area contributed by atoms with E-state index in [1.165, 1.54) is 17.3 Å². The van der Waals surface area contributed by atoms with Crippen molar-refractivity contribution in [1.29, 1.82) is 0 Å². The third-order valence-electron chi connectivity index (χ3n) is 3.26. The summed E-state index contributed by atoms with van der Waals surface area (Å²) in [4.78, 5) is 18.5. The Labute approximate surface area is 120 Å². The van der Waals surface area contributed by atoms with Gasteiger partial charge in [0.15, 0.2) is 0 Å². The summed E-state index contributed by atoms with van der Waals surface area (Å²) in [5.41, 5.74) is 0. The molecule has 0 spiro atoms. The first-order chi connectivity index (χ1) is 9.74.